The van der Waals surface area contributed by atoms with Gasteiger partial charge in [0.05, 0.1) is 6.61 Å². The Morgan fingerprint density at radius 2 is 1.95 bits per heavy atom. The Morgan fingerprint density at radius 3 is 2.58 bits per heavy atom. The molecule has 0 spiro atoms. The Kier molecular flexibility index (Phi) is 3.52. The van der Waals surface area contributed by atoms with Crippen molar-refractivity contribution < 1.29 is 22.7 Å². The molecule has 0 atom stereocenters. The predicted octanol–water partition coefficient (Wildman–Crippen LogP) is 2.19. The molecule has 102 valence electrons. The van der Waals surface area contributed by atoms with Crippen LogP contribution >= 0.6 is 0 Å². The number of nitrogens with zero attached hydrogens (tertiary/aromatic N) is 2. The normalized spacial score (nSPS) is 11.8. The molecule has 2 N–H and O–H groups in total. The van der Waals surface area contributed by atoms with Crippen LogP contribution in [0.4, 0.5) is 23.4 Å². The number of aromatic nitrogens is 2. The molecule has 1 aromatic carbocycles. The van der Waals surface area contributed by atoms with Crippen molar-refractivity contribution in [2.75, 3.05) is 18.5 Å². The van der Waals surface area contributed by atoms with E-state index in [4.69, 9.17) is 5.11 Å². The van der Waals surface area contributed by atoms with Gasteiger partial charge in [0, 0.05) is 11.9 Å². The van der Waals surface area contributed by atoms with Gasteiger partial charge in [-0.25, -0.2) is 14.4 Å². The lowest BCUT2D eigenvalue weighted by Crippen LogP contribution is -2.15. The highest BCUT2D eigenvalue weighted by Gasteiger charge is 2.35. The van der Waals surface area contributed by atoms with Crippen LogP contribution in [0.3, 0.4) is 0 Å². The van der Waals surface area contributed by atoms with Crippen molar-refractivity contribution in [2.45, 2.75) is 6.18 Å². The van der Waals surface area contributed by atoms with Crippen molar-refractivity contribution in [1.29, 1.82) is 0 Å². The number of hydrogen-bond acceptors (Lipinski definition) is 4. The highest BCUT2D eigenvalue weighted by Crippen LogP contribution is 2.30. The van der Waals surface area contributed by atoms with Gasteiger partial charge in [-0.2, -0.15) is 13.2 Å². The lowest BCUT2D eigenvalue weighted by molar-refractivity contribution is -0.144. The Hall–Kier alpha value is -1.96. The van der Waals surface area contributed by atoms with Gasteiger partial charge in [-0.3, -0.25) is 0 Å². The number of aliphatic hydroxyl groups excluding tert-OH is 1. The quantitative estimate of drug-likeness (QED) is 0.843. The van der Waals surface area contributed by atoms with Gasteiger partial charge in [-0.1, -0.05) is 6.07 Å². The topological polar surface area (TPSA) is 58.0 Å². The number of alkyl halides is 3. The van der Waals surface area contributed by atoms with Crippen LogP contribution in [-0.2, 0) is 6.18 Å². The van der Waals surface area contributed by atoms with E-state index in [1.54, 1.807) is 0 Å². The largest absolute Gasteiger partial charge is 0.451 e. The molecular formula is C11H9F4N3O. The first-order valence-corrected chi connectivity index (χ1v) is 5.31. The Bertz CT molecular complexity index is 600. The molecule has 0 bridgehead atoms. The maximum Gasteiger partial charge on any atom is 0.451 e. The molecule has 0 aliphatic rings. The maximum atomic E-state index is 13.5. The Labute approximate surface area is 105 Å². The molecule has 0 aliphatic carbocycles. The van der Waals surface area contributed by atoms with Gasteiger partial charge in [-0.05, 0) is 12.1 Å². The lowest BCUT2D eigenvalue weighted by Gasteiger charge is -2.11. The molecule has 4 nitrogen and oxygen atoms in total. The first kappa shape index (κ1) is 13.5. The second-order valence-corrected chi connectivity index (χ2v) is 3.68. The molecular weight excluding hydrogens is 266 g/mol. The third kappa shape index (κ3) is 2.73. The summed E-state index contributed by atoms with van der Waals surface area (Å²) in [5.74, 6) is -2.45. The van der Waals surface area contributed by atoms with Gasteiger partial charge in [0.15, 0.2) is 0 Å². The molecule has 0 saturated heterocycles. The summed E-state index contributed by atoms with van der Waals surface area (Å²) < 4.78 is 51.4. The van der Waals surface area contributed by atoms with Crippen molar-refractivity contribution in [3.8, 4) is 0 Å². The monoisotopic (exact) mass is 275 g/mol. The van der Waals surface area contributed by atoms with E-state index in [0.717, 1.165) is 6.07 Å². The summed E-state index contributed by atoms with van der Waals surface area (Å²) in [5, 5.41) is 11.3. The van der Waals surface area contributed by atoms with E-state index in [-0.39, 0.29) is 24.4 Å². The van der Waals surface area contributed by atoms with E-state index in [9.17, 15) is 17.6 Å². The van der Waals surface area contributed by atoms with Gasteiger partial charge >= 0.3 is 6.18 Å². The first-order valence-electron chi connectivity index (χ1n) is 5.31. The highest BCUT2D eigenvalue weighted by molar-refractivity contribution is 5.89. The molecule has 0 unspecified atom stereocenters. The van der Waals surface area contributed by atoms with E-state index in [0.29, 0.717) is 0 Å². The Morgan fingerprint density at radius 1 is 1.21 bits per heavy atom. The fraction of sp³-hybridized carbons (Fsp3) is 0.273. The molecule has 1 aromatic heterocycles. The number of rotatable bonds is 3. The minimum absolute atomic E-state index is 0.0000756. The van der Waals surface area contributed by atoms with Gasteiger partial charge in [-0.15, -0.1) is 0 Å². The fourth-order valence-corrected chi connectivity index (χ4v) is 1.55. The fourth-order valence-electron chi connectivity index (χ4n) is 1.55. The average molecular weight is 275 g/mol. The number of nitrogens with one attached hydrogen (secondary N) is 1. The molecule has 2 rings (SSSR count). The van der Waals surface area contributed by atoms with Gasteiger partial charge in [0.2, 0.25) is 5.82 Å². The van der Waals surface area contributed by atoms with Gasteiger partial charge in [0.25, 0.3) is 0 Å². The van der Waals surface area contributed by atoms with Crippen molar-refractivity contribution in [3.05, 3.63) is 29.8 Å². The summed E-state index contributed by atoms with van der Waals surface area (Å²) in [6.45, 7) is -0.290. The number of halogens is 4. The van der Waals surface area contributed by atoms with Crippen molar-refractivity contribution >= 4 is 16.7 Å². The number of benzene rings is 1. The second kappa shape index (κ2) is 4.96. The van der Waals surface area contributed by atoms with Crippen LogP contribution < -0.4 is 5.32 Å². The predicted molar refractivity (Wildman–Crippen MR) is 60.1 cm³/mol. The molecule has 1 heterocycles. The average Bonchev–Trinajstić information content (AvgIpc) is 2.35. The van der Waals surface area contributed by atoms with Crippen LogP contribution in [0.25, 0.3) is 10.9 Å². The number of anilines is 1. The zero-order valence-corrected chi connectivity index (χ0v) is 9.50. The smallest absolute Gasteiger partial charge is 0.395 e. The number of aliphatic hydroxyl groups is 1. The van der Waals surface area contributed by atoms with Crippen LogP contribution in [0.2, 0.25) is 0 Å². The second-order valence-electron chi connectivity index (χ2n) is 3.68. The molecule has 0 amide bonds. The van der Waals surface area contributed by atoms with Crippen LogP contribution in [0.15, 0.2) is 18.2 Å². The van der Waals surface area contributed by atoms with E-state index in [1.807, 2.05) is 0 Å². The molecule has 19 heavy (non-hydrogen) atoms. The molecule has 0 aliphatic heterocycles. The number of hydrogen-bond donors (Lipinski definition) is 2. The van der Waals surface area contributed by atoms with Crippen molar-refractivity contribution in [3.63, 3.8) is 0 Å². The van der Waals surface area contributed by atoms with Gasteiger partial charge in [0.1, 0.15) is 17.2 Å². The van der Waals surface area contributed by atoms with E-state index >= 15 is 0 Å². The third-order valence-corrected chi connectivity index (χ3v) is 2.34. The molecule has 0 radical (unpaired) electrons. The standard InChI is InChI=1S/C11H9F4N3O/c12-7-3-1-2-6-8(7)17-10(11(13,14)15)18-9(6)16-4-5-19/h1-3,19H,4-5H2,(H,16,17,18). The third-order valence-electron chi connectivity index (χ3n) is 2.34. The maximum absolute atomic E-state index is 13.5. The Balaban J connectivity index is 2.66. The summed E-state index contributed by atoms with van der Waals surface area (Å²) >= 11 is 0. The summed E-state index contributed by atoms with van der Waals surface area (Å²) in [7, 11) is 0. The highest BCUT2D eigenvalue weighted by atomic mass is 19.4. The summed E-state index contributed by atoms with van der Waals surface area (Å²) in [5.41, 5.74) is -0.412. The van der Waals surface area contributed by atoms with Crippen molar-refractivity contribution in [2.24, 2.45) is 0 Å². The first-order chi connectivity index (χ1) is 8.93. The summed E-state index contributed by atoms with van der Waals surface area (Å²) in [6, 6.07) is 3.77. The summed E-state index contributed by atoms with van der Waals surface area (Å²) in [6.07, 6.45) is -4.77. The molecule has 8 heteroatoms. The van der Waals surface area contributed by atoms with E-state index in [1.165, 1.54) is 12.1 Å². The van der Waals surface area contributed by atoms with Crippen molar-refractivity contribution in [1.82, 2.24) is 9.97 Å². The van der Waals surface area contributed by atoms with Crippen LogP contribution in [0.5, 0.6) is 0 Å². The van der Waals surface area contributed by atoms with Gasteiger partial charge < -0.3 is 10.4 Å². The van der Waals surface area contributed by atoms with E-state index < -0.39 is 23.3 Å². The van der Waals surface area contributed by atoms with Crippen LogP contribution in [0, 0.1) is 5.82 Å². The molecule has 0 saturated carbocycles. The zero-order valence-electron chi connectivity index (χ0n) is 9.50. The zero-order chi connectivity index (χ0) is 14.0. The molecule has 2 aromatic rings. The summed E-state index contributed by atoms with van der Waals surface area (Å²) in [4.78, 5) is 6.53. The number of fused-ring (bicyclic) bond motifs is 1. The lowest BCUT2D eigenvalue weighted by atomic mass is 10.2. The SMILES string of the molecule is OCCNc1nc(C(F)(F)F)nc2c(F)cccc12. The number of para-hydroxylation sites is 1. The van der Waals surface area contributed by atoms with E-state index in [2.05, 4.69) is 15.3 Å². The minimum atomic E-state index is -4.77. The van der Waals surface area contributed by atoms with Crippen LogP contribution in [0.1, 0.15) is 5.82 Å². The van der Waals surface area contributed by atoms with Crippen LogP contribution in [-0.4, -0.2) is 28.2 Å². The molecule has 0 fully saturated rings. The minimum Gasteiger partial charge on any atom is -0.395 e.